The number of para-hydroxylation sites is 1. The highest BCUT2D eigenvalue weighted by Crippen LogP contribution is 2.40. The molecule has 21 heavy (non-hydrogen) atoms. The standard InChI is InChI=1S/C15H15ClN2O2S/c1-9-7-8-10-5-3-4-6-11(10)18(9)15-17-13(16)12(21-15)14(19)20-2/h3-6,9H,7-8H2,1-2H3. The number of anilines is 2. The fourth-order valence-electron chi connectivity index (χ4n) is 2.59. The van der Waals surface area contributed by atoms with Gasteiger partial charge in [0.05, 0.1) is 7.11 Å². The minimum absolute atomic E-state index is 0.206. The van der Waals surface area contributed by atoms with Gasteiger partial charge in [-0.15, -0.1) is 0 Å². The second-order valence-electron chi connectivity index (χ2n) is 4.99. The molecule has 0 saturated carbocycles. The molecule has 1 unspecified atom stereocenters. The van der Waals surface area contributed by atoms with Crippen molar-refractivity contribution < 1.29 is 9.53 Å². The molecule has 0 fully saturated rings. The Morgan fingerprint density at radius 1 is 1.48 bits per heavy atom. The minimum atomic E-state index is -0.443. The molecule has 1 aliphatic heterocycles. The molecule has 1 aromatic heterocycles. The van der Waals surface area contributed by atoms with Crippen LogP contribution in [0, 0.1) is 0 Å². The highest BCUT2D eigenvalue weighted by molar-refractivity contribution is 7.18. The smallest absolute Gasteiger partial charge is 0.351 e. The second-order valence-corrected chi connectivity index (χ2v) is 6.33. The number of thiazole rings is 1. The molecular weight excluding hydrogens is 308 g/mol. The van der Waals surface area contributed by atoms with Crippen molar-refractivity contribution in [2.75, 3.05) is 12.0 Å². The SMILES string of the molecule is COC(=O)c1sc(N2c3ccccc3CCC2C)nc1Cl. The zero-order chi connectivity index (χ0) is 15.0. The number of ether oxygens (including phenoxy) is 1. The van der Waals surface area contributed by atoms with E-state index in [0.29, 0.717) is 10.9 Å². The third-order valence-electron chi connectivity index (χ3n) is 3.67. The number of aromatic nitrogens is 1. The Morgan fingerprint density at radius 2 is 2.24 bits per heavy atom. The van der Waals surface area contributed by atoms with Crippen molar-refractivity contribution in [3.05, 3.63) is 39.9 Å². The molecule has 0 saturated heterocycles. The average molecular weight is 323 g/mol. The van der Waals surface area contributed by atoms with Crippen LogP contribution in [0.1, 0.15) is 28.6 Å². The van der Waals surface area contributed by atoms with Gasteiger partial charge in [0, 0.05) is 11.7 Å². The largest absolute Gasteiger partial charge is 0.465 e. The first-order valence-electron chi connectivity index (χ1n) is 6.73. The normalized spacial score (nSPS) is 17.5. The summed E-state index contributed by atoms with van der Waals surface area (Å²) in [6.07, 6.45) is 2.10. The number of carbonyl (C=O) groups excluding carboxylic acids is 1. The van der Waals surface area contributed by atoms with Crippen LogP contribution in [0.4, 0.5) is 10.8 Å². The lowest BCUT2D eigenvalue weighted by Crippen LogP contribution is -2.33. The number of carbonyl (C=O) groups is 1. The molecule has 1 aliphatic rings. The summed E-state index contributed by atoms with van der Waals surface area (Å²) in [4.78, 5) is 18.6. The number of aryl methyl sites for hydroxylation is 1. The first-order valence-corrected chi connectivity index (χ1v) is 7.93. The van der Waals surface area contributed by atoms with Crippen molar-refractivity contribution in [1.82, 2.24) is 4.98 Å². The number of methoxy groups -OCH3 is 1. The first kappa shape index (κ1) is 14.4. The summed E-state index contributed by atoms with van der Waals surface area (Å²) in [5.74, 6) is -0.443. The van der Waals surface area contributed by atoms with E-state index in [1.807, 2.05) is 12.1 Å². The van der Waals surface area contributed by atoms with Gasteiger partial charge in [-0.2, -0.15) is 0 Å². The predicted octanol–water partition coefficient (Wildman–Crippen LogP) is 4.06. The molecule has 1 aromatic carbocycles. The molecule has 6 heteroatoms. The Hall–Kier alpha value is -1.59. The van der Waals surface area contributed by atoms with Crippen molar-refractivity contribution in [3.8, 4) is 0 Å². The van der Waals surface area contributed by atoms with Gasteiger partial charge in [0.1, 0.15) is 0 Å². The number of esters is 1. The molecule has 0 radical (unpaired) electrons. The van der Waals surface area contributed by atoms with Crippen molar-refractivity contribution in [2.45, 2.75) is 25.8 Å². The monoisotopic (exact) mass is 322 g/mol. The van der Waals surface area contributed by atoms with Crippen LogP contribution in [0.3, 0.4) is 0 Å². The van der Waals surface area contributed by atoms with Gasteiger partial charge in [-0.05, 0) is 31.4 Å². The van der Waals surface area contributed by atoms with Crippen LogP contribution in [-0.4, -0.2) is 24.1 Å². The van der Waals surface area contributed by atoms with Gasteiger partial charge < -0.3 is 9.64 Å². The van der Waals surface area contributed by atoms with Crippen LogP contribution >= 0.6 is 22.9 Å². The summed E-state index contributed by atoms with van der Waals surface area (Å²) in [7, 11) is 1.34. The third kappa shape index (κ3) is 2.51. The van der Waals surface area contributed by atoms with Crippen LogP contribution in [0.25, 0.3) is 0 Å². The van der Waals surface area contributed by atoms with Crippen LogP contribution in [0.5, 0.6) is 0 Å². The van der Waals surface area contributed by atoms with Gasteiger partial charge in [0.25, 0.3) is 0 Å². The maximum absolute atomic E-state index is 11.7. The summed E-state index contributed by atoms with van der Waals surface area (Å²) >= 11 is 7.36. The molecule has 3 rings (SSSR count). The van der Waals surface area contributed by atoms with E-state index in [4.69, 9.17) is 16.3 Å². The molecule has 2 heterocycles. The maximum Gasteiger partial charge on any atom is 0.351 e. The number of halogens is 1. The van der Waals surface area contributed by atoms with Crippen molar-refractivity contribution >= 4 is 39.7 Å². The van der Waals surface area contributed by atoms with Gasteiger partial charge in [-0.25, -0.2) is 9.78 Å². The maximum atomic E-state index is 11.7. The summed E-state index contributed by atoms with van der Waals surface area (Å²) in [5.41, 5.74) is 2.43. The van der Waals surface area contributed by atoms with Gasteiger partial charge in [-0.1, -0.05) is 41.1 Å². The highest BCUT2D eigenvalue weighted by Gasteiger charge is 2.28. The number of nitrogens with zero attached hydrogens (tertiary/aromatic N) is 2. The van der Waals surface area contributed by atoms with Crippen LogP contribution in [0.2, 0.25) is 5.15 Å². The highest BCUT2D eigenvalue weighted by atomic mass is 35.5. The quantitative estimate of drug-likeness (QED) is 0.782. The summed E-state index contributed by atoms with van der Waals surface area (Å²) in [6, 6.07) is 8.58. The van der Waals surface area contributed by atoms with E-state index < -0.39 is 5.97 Å². The lowest BCUT2D eigenvalue weighted by molar-refractivity contribution is 0.0606. The lowest BCUT2D eigenvalue weighted by atomic mass is 9.97. The Labute approximate surface area is 132 Å². The fourth-order valence-corrected chi connectivity index (χ4v) is 3.91. The Bertz CT molecular complexity index is 686. The molecule has 110 valence electrons. The number of benzene rings is 1. The summed E-state index contributed by atoms with van der Waals surface area (Å²) in [5, 5.41) is 0.942. The van der Waals surface area contributed by atoms with Crippen LogP contribution in [-0.2, 0) is 11.2 Å². The fraction of sp³-hybridized carbons (Fsp3) is 0.333. The van der Waals surface area contributed by atoms with Crippen molar-refractivity contribution in [3.63, 3.8) is 0 Å². The Balaban J connectivity index is 2.06. The summed E-state index contributed by atoms with van der Waals surface area (Å²) < 4.78 is 4.74. The molecule has 0 aliphatic carbocycles. The Kier molecular flexibility index (Phi) is 3.87. The lowest BCUT2D eigenvalue weighted by Gasteiger charge is -2.35. The zero-order valence-electron chi connectivity index (χ0n) is 11.8. The van der Waals surface area contributed by atoms with Crippen molar-refractivity contribution in [2.24, 2.45) is 0 Å². The third-order valence-corrected chi connectivity index (χ3v) is 5.10. The molecule has 2 aromatic rings. The number of hydrogen-bond donors (Lipinski definition) is 0. The van der Waals surface area contributed by atoms with Gasteiger partial charge in [-0.3, -0.25) is 0 Å². The number of hydrogen-bond acceptors (Lipinski definition) is 5. The van der Waals surface area contributed by atoms with E-state index in [1.165, 1.54) is 24.0 Å². The molecule has 0 bridgehead atoms. The van der Waals surface area contributed by atoms with Crippen LogP contribution < -0.4 is 4.90 Å². The number of rotatable bonds is 2. The van der Waals surface area contributed by atoms with Gasteiger partial charge >= 0.3 is 5.97 Å². The van der Waals surface area contributed by atoms with Gasteiger partial charge in [0.2, 0.25) is 0 Å². The average Bonchev–Trinajstić information content (AvgIpc) is 2.87. The molecule has 0 amide bonds. The zero-order valence-corrected chi connectivity index (χ0v) is 13.4. The minimum Gasteiger partial charge on any atom is -0.465 e. The second kappa shape index (κ2) is 5.66. The molecule has 0 N–H and O–H groups in total. The van der Waals surface area contributed by atoms with E-state index >= 15 is 0 Å². The van der Waals surface area contributed by atoms with E-state index in [9.17, 15) is 4.79 Å². The van der Waals surface area contributed by atoms with Crippen LogP contribution in [0.15, 0.2) is 24.3 Å². The molecule has 0 spiro atoms. The summed E-state index contributed by atoms with van der Waals surface area (Å²) in [6.45, 7) is 2.16. The van der Waals surface area contributed by atoms with Crippen molar-refractivity contribution in [1.29, 1.82) is 0 Å². The van der Waals surface area contributed by atoms with E-state index in [0.717, 1.165) is 23.7 Å². The molecule has 4 nitrogen and oxygen atoms in total. The predicted molar refractivity (Wildman–Crippen MR) is 84.8 cm³/mol. The van der Waals surface area contributed by atoms with E-state index in [1.54, 1.807) is 0 Å². The van der Waals surface area contributed by atoms with E-state index in [-0.39, 0.29) is 5.15 Å². The molecular formula is C15H15ClN2O2S. The van der Waals surface area contributed by atoms with Gasteiger partial charge in [0.15, 0.2) is 15.2 Å². The Morgan fingerprint density at radius 3 is 3.00 bits per heavy atom. The number of fused-ring (bicyclic) bond motifs is 1. The first-order chi connectivity index (χ1) is 10.1. The van der Waals surface area contributed by atoms with E-state index in [2.05, 4.69) is 28.9 Å². The topological polar surface area (TPSA) is 42.4 Å². The molecule has 1 atom stereocenters.